The molecule has 4 aliphatic carbocycles. The third kappa shape index (κ3) is 7.51. The average Bonchev–Trinajstić information content (AvgIpc) is 3.69. The molecule has 348 valence electrons. The summed E-state index contributed by atoms with van der Waals surface area (Å²) in [4.78, 5) is 0. The van der Waals surface area contributed by atoms with Crippen LogP contribution in [0.15, 0.2) is 11.6 Å². The van der Waals surface area contributed by atoms with Crippen LogP contribution in [-0.2, 0) is 37.9 Å². The second-order valence-corrected chi connectivity index (χ2v) is 20.6. The van der Waals surface area contributed by atoms with Gasteiger partial charge in [-0.2, -0.15) is 0 Å². The summed E-state index contributed by atoms with van der Waals surface area (Å²) in [5.74, 6) is 2.73. The summed E-state index contributed by atoms with van der Waals surface area (Å²) in [5, 5.41) is 95.6. The van der Waals surface area contributed by atoms with E-state index in [-0.39, 0.29) is 23.0 Å². The zero-order chi connectivity index (χ0) is 43.3. The van der Waals surface area contributed by atoms with Gasteiger partial charge in [0.05, 0.1) is 38.6 Å². The van der Waals surface area contributed by atoms with Gasteiger partial charge in [0, 0.05) is 12.3 Å². The predicted octanol–water partition coefficient (Wildman–Crippen LogP) is -0.174. The number of ether oxygens (including phenoxy) is 8. The number of hydrogen-bond acceptors (Lipinski definition) is 17. The second kappa shape index (κ2) is 17.0. The molecule has 5 saturated heterocycles. The first-order chi connectivity index (χ1) is 29.0. The summed E-state index contributed by atoms with van der Waals surface area (Å²) in [5.41, 5.74) is 1.59. The predicted molar refractivity (Wildman–Crippen MR) is 210 cm³/mol. The number of aliphatic hydroxyl groups is 9. The highest BCUT2D eigenvalue weighted by Gasteiger charge is 2.69. The van der Waals surface area contributed by atoms with Gasteiger partial charge in [-0.1, -0.05) is 39.3 Å². The van der Waals surface area contributed by atoms with E-state index in [1.165, 1.54) is 18.4 Å². The lowest BCUT2D eigenvalue weighted by atomic mass is 9.47. The van der Waals surface area contributed by atoms with Crippen LogP contribution >= 0.6 is 0 Å². The van der Waals surface area contributed by atoms with Crippen LogP contribution in [0.25, 0.3) is 0 Å². The van der Waals surface area contributed by atoms with Crippen LogP contribution in [0.3, 0.4) is 0 Å². The number of fused-ring (bicyclic) bond motifs is 7. The van der Waals surface area contributed by atoms with Crippen LogP contribution < -0.4 is 0 Å². The summed E-state index contributed by atoms with van der Waals surface area (Å²) in [7, 11) is 0. The van der Waals surface area contributed by atoms with Crippen molar-refractivity contribution in [2.24, 2.45) is 46.3 Å². The van der Waals surface area contributed by atoms with Crippen LogP contribution in [0, 0.1) is 46.3 Å². The molecule has 0 aromatic carbocycles. The first-order valence-corrected chi connectivity index (χ1v) is 22.9. The number of allylic oxidation sites excluding steroid dienone is 1. The highest BCUT2D eigenvalue weighted by molar-refractivity contribution is 5.26. The standard InChI is InChI=1S/C44H70O17/c1-19-7-12-44(55-17-19)20(2)30-27(61-44)14-25-23-6-5-21-13-22(8-10-42(21,3)24(23)9-11-43(25,30)4)56-40-35(52)33(50)37(29(16-46)58-40)59-41-36(53)38(32(49)28(15-45)57-41)60-39-34(51)31(48)26(47)18-54-39/h5,19-20,22-41,45-53H,6-18H2,1-4H3/t19-,20+,22+,23+,24+,25+,26-,27+,28-,29-,30+,31+,32-,33-,34-,35-,36-,37+,38-,39+,40-,41+,42+,43+,44-/m1/s1. The maximum atomic E-state index is 11.4. The van der Waals surface area contributed by atoms with E-state index in [0.29, 0.717) is 41.9 Å². The first kappa shape index (κ1) is 45.2. The molecule has 0 unspecified atom stereocenters. The number of rotatable bonds is 8. The van der Waals surface area contributed by atoms with E-state index in [9.17, 15) is 46.0 Å². The van der Waals surface area contributed by atoms with Gasteiger partial charge in [-0.25, -0.2) is 0 Å². The summed E-state index contributed by atoms with van der Waals surface area (Å²) in [6.45, 7) is 8.56. The number of aliphatic hydroxyl groups excluding tert-OH is 9. The van der Waals surface area contributed by atoms with Gasteiger partial charge < -0.3 is 83.9 Å². The maximum Gasteiger partial charge on any atom is 0.187 e. The third-order valence-corrected chi connectivity index (χ3v) is 17.3. The Hall–Kier alpha value is -0.940. The van der Waals surface area contributed by atoms with E-state index in [1.54, 1.807) is 0 Å². The molecule has 0 aromatic heterocycles. The van der Waals surface area contributed by atoms with Gasteiger partial charge in [0.15, 0.2) is 24.7 Å². The van der Waals surface area contributed by atoms with Crippen molar-refractivity contribution in [2.45, 2.75) is 189 Å². The minimum atomic E-state index is -1.83. The van der Waals surface area contributed by atoms with Gasteiger partial charge in [0.25, 0.3) is 0 Å². The van der Waals surface area contributed by atoms with Gasteiger partial charge in [0.1, 0.15) is 67.1 Å². The second-order valence-electron chi connectivity index (χ2n) is 20.6. The zero-order valence-corrected chi connectivity index (χ0v) is 35.8. The van der Waals surface area contributed by atoms with Gasteiger partial charge in [-0.3, -0.25) is 0 Å². The van der Waals surface area contributed by atoms with Crippen LogP contribution in [0.5, 0.6) is 0 Å². The Labute approximate surface area is 357 Å². The minimum absolute atomic E-state index is 0.0148. The Morgan fingerprint density at radius 3 is 2.13 bits per heavy atom. The lowest BCUT2D eigenvalue weighted by Gasteiger charge is -2.58. The van der Waals surface area contributed by atoms with E-state index < -0.39 is 112 Å². The van der Waals surface area contributed by atoms with Crippen molar-refractivity contribution in [3.8, 4) is 0 Å². The molecule has 9 N–H and O–H groups in total. The Balaban J connectivity index is 0.831. The Kier molecular flexibility index (Phi) is 12.6. The monoisotopic (exact) mass is 870 g/mol. The van der Waals surface area contributed by atoms with Crippen LogP contribution in [-0.4, -0.2) is 176 Å². The van der Waals surface area contributed by atoms with Crippen LogP contribution in [0.4, 0.5) is 0 Å². The maximum absolute atomic E-state index is 11.4. The minimum Gasteiger partial charge on any atom is -0.394 e. The van der Waals surface area contributed by atoms with Gasteiger partial charge in [-0.05, 0) is 91.8 Å². The molecule has 1 spiro atoms. The molecule has 0 aromatic rings. The lowest BCUT2D eigenvalue weighted by molar-refractivity contribution is -0.377. The molecule has 8 fully saturated rings. The van der Waals surface area contributed by atoms with Gasteiger partial charge >= 0.3 is 0 Å². The van der Waals surface area contributed by atoms with E-state index >= 15 is 0 Å². The average molecular weight is 871 g/mol. The van der Waals surface area contributed by atoms with E-state index in [4.69, 9.17) is 37.9 Å². The van der Waals surface area contributed by atoms with Crippen LogP contribution in [0.1, 0.15) is 85.5 Å². The lowest BCUT2D eigenvalue weighted by Crippen LogP contribution is -2.66. The SMILES string of the molecule is C[C@@H]1CC[C@@]2(OC1)O[C@H]1C[C@H]3[C@H]4CC=C5C[C@@H](O[C@@H]6O[C@H](CO)[C@H](O[C@@H]7O[C@H](CO)[C@@H](O)[C@@H](O[C@@H]8OC[C@@H](O)[C@H](O)[C@H]8O)[C@H]7O)[C@H](O)[C@H]6O)CC[C@]5(C)[C@H]4CC[C@]3(C)[C@H]1[C@@H]2C. The molecule has 5 aliphatic heterocycles. The Morgan fingerprint density at radius 1 is 0.705 bits per heavy atom. The van der Waals surface area contributed by atoms with Gasteiger partial charge in [-0.15, -0.1) is 0 Å². The number of hydrogen-bond donors (Lipinski definition) is 9. The summed E-state index contributed by atoms with van der Waals surface area (Å²) < 4.78 is 48.4. The molecule has 61 heavy (non-hydrogen) atoms. The first-order valence-electron chi connectivity index (χ1n) is 22.9. The largest absolute Gasteiger partial charge is 0.394 e. The molecule has 9 aliphatic rings. The fourth-order valence-corrected chi connectivity index (χ4v) is 13.8. The van der Waals surface area contributed by atoms with Crippen molar-refractivity contribution in [3.05, 3.63) is 11.6 Å². The molecule has 3 saturated carbocycles. The van der Waals surface area contributed by atoms with Crippen molar-refractivity contribution in [3.63, 3.8) is 0 Å². The molecule has 9 rings (SSSR count). The van der Waals surface area contributed by atoms with E-state index in [1.807, 2.05) is 0 Å². The van der Waals surface area contributed by atoms with Gasteiger partial charge in [0.2, 0.25) is 0 Å². The van der Waals surface area contributed by atoms with Crippen LogP contribution in [0.2, 0.25) is 0 Å². The summed E-state index contributed by atoms with van der Waals surface area (Å²) in [6, 6.07) is 0. The molecule has 0 amide bonds. The fourth-order valence-electron chi connectivity index (χ4n) is 13.8. The Bertz CT molecular complexity index is 1580. The normalized spacial score (nSPS) is 57.2. The van der Waals surface area contributed by atoms with E-state index in [0.717, 1.165) is 45.1 Å². The topological polar surface area (TPSA) is 256 Å². The smallest absolute Gasteiger partial charge is 0.187 e. The molecule has 17 nitrogen and oxygen atoms in total. The fraction of sp³-hybridized carbons (Fsp3) is 0.955. The highest BCUT2D eigenvalue weighted by atomic mass is 16.8. The molecular weight excluding hydrogens is 800 g/mol. The Morgan fingerprint density at radius 2 is 1.41 bits per heavy atom. The third-order valence-electron chi connectivity index (χ3n) is 17.3. The highest BCUT2D eigenvalue weighted by Crippen LogP contribution is 2.70. The zero-order valence-electron chi connectivity index (χ0n) is 35.8. The van der Waals surface area contributed by atoms with E-state index in [2.05, 4.69) is 33.8 Å². The van der Waals surface area contributed by atoms with Crippen molar-refractivity contribution in [1.29, 1.82) is 0 Å². The molecule has 0 radical (unpaired) electrons. The van der Waals surface area contributed by atoms with Crippen molar-refractivity contribution < 1.29 is 83.9 Å². The molecule has 5 heterocycles. The van der Waals surface area contributed by atoms with Crippen molar-refractivity contribution >= 4 is 0 Å². The molecule has 25 atom stereocenters. The summed E-state index contributed by atoms with van der Waals surface area (Å²) in [6.07, 6.45) is -10.7. The molecular formula is C44H70O17. The van der Waals surface area contributed by atoms with Crippen molar-refractivity contribution in [1.82, 2.24) is 0 Å². The quantitative estimate of drug-likeness (QED) is 0.144. The summed E-state index contributed by atoms with van der Waals surface area (Å²) >= 11 is 0. The molecule has 0 bridgehead atoms. The molecule has 17 heteroatoms. The van der Waals surface area contributed by atoms with Crippen molar-refractivity contribution in [2.75, 3.05) is 26.4 Å².